The van der Waals surface area contributed by atoms with Gasteiger partial charge in [0.05, 0.1) is 26.6 Å². The van der Waals surface area contributed by atoms with E-state index in [0.717, 1.165) is 28.2 Å². The van der Waals surface area contributed by atoms with Crippen molar-refractivity contribution in [3.05, 3.63) is 88.1 Å². The second-order valence-electron chi connectivity index (χ2n) is 7.65. The van der Waals surface area contributed by atoms with E-state index in [1.807, 2.05) is 83.9 Å². The Balaban J connectivity index is 1.70. The quantitative estimate of drug-likeness (QED) is 0.423. The summed E-state index contributed by atoms with van der Waals surface area (Å²) in [5.41, 5.74) is 1.98. The van der Waals surface area contributed by atoms with E-state index in [1.54, 1.807) is 23.3 Å². The summed E-state index contributed by atoms with van der Waals surface area (Å²) in [6.45, 7) is 3.72. The molecular weight excluding hydrogens is 420 g/mol. The monoisotopic (exact) mass is 450 g/mol. The zero-order valence-electron chi connectivity index (χ0n) is 18.7. The zero-order chi connectivity index (χ0) is 22.8. The third-order valence-electron chi connectivity index (χ3n) is 5.18. The first-order chi connectivity index (χ1) is 15.6. The van der Waals surface area contributed by atoms with E-state index < -0.39 is 0 Å². The standard InChI is InChI=1S/C26H30N2O3S/c1-3-15-27(25(29)17-21-11-13-23(31-2)14-12-21)20-26(30)28(19-24-10-7-16-32-24)18-22-8-5-4-6-9-22/h4-14,16H,3,15,17-20H2,1-2H3. The lowest BCUT2D eigenvalue weighted by atomic mass is 10.1. The van der Waals surface area contributed by atoms with E-state index in [4.69, 9.17) is 4.74 Å². The van der Waals surface area contributed by atoms with Gasteiger partial charge in [-0.15, -0.1) is 11.3 Å². The molecule has 0 unspecified atom stereocenters. The van der Waals surface area contributed by atoms with E-state index >= 15 is 0 Å². The van der Waals surface area contributed by atoms with Crippen LogP contribution in [0.1, 0.15) is 29.3 Å². The molecule has 0 bridgehead atoms. The molecule has 1 aromatic heterocycles. The van der Waals surface area contributed by atoms with Crippen LogP contribution < -0.4 is 4.74 Å². The normalized spacial score (nSPS) is 10.6. The summed E-state index contributed by atoms with van der Waals surface area (Å²) in [4.78, 5) is 31.0. The number of benzene rings is 2. The molecule has 0 aliphatic heterocycles. The van der Waals surface area contributed by atoms with Crippen LogP contribution in [0.4, 0.5) is 0 Å². The number of nitrogens with zero attached hydrogens (tertiary/aromatic N) is 2. The molecule has 5 nitrogen and oxygen atoms in total. The van der Waals surface area contributed by atoms with Crippen LogP contribution in [0.3, 0.4) is 0 Å². The van der Waals surface area contributed by atoms with Crippen LogP contribution in [0.2, 0.25) is 0 Å². The lowest BCUT2D eigenvalue weighted by Crippen LogP contribution is -2.43. The van der Waals surface area contributed by atoms with Crippen molar-refractivity contribution in [3.8, 4) is 5.75 Å². The van der Waals surface area contributed by atoms with Crippen LogP contribution in [0.25, 0.3) is 0 Å². The number of carbonyl (C=O) groups is 2. The van der Waals surface area contributed by atoms with Gasteiger partial charge in [-0.1, -0.05) is 55.5 Å². The Morgan fingerprint density at radius 2 is 1.59 bits per heavy atom. The molecule has 0 aliphatic carbocycles. The van der Waals surface area contributed by atoms with Crippen molar-refractivity contribution < 1.29 is 14.3 Å². The number of rotatable bonds is 11. The molecule has 0 fully saturated rings. The fraction of sp³-hybridized carbons (Fsp3) is 0.308. The van der Waals surface area contributed by atoms with Gasteiger partial charge in [0, 0.05) is 18.0 Å². The zero-order valence-corrected chi connectivity index (χ0v) is 19.5. The minimum absolute atomic E-state index is 0.0406. The second kappa shape index (κ2) is 12.1. The number of hydrogen-bond donors (Lipinski definition) is 0. The molecule has 32 heavy (non-hydrogen) atoms. The molecule has 2 aromatic carbocycles. The molecule has 3 aromatic rings. The lowest BCUT2D eigenvalue weighted by molar-refractivity contribution is -0.141. The van der Waals surface area contributed by atoms with E-state index in [0.29, 0.717) is 19.6 Å². The topological polar surface area (TPSA) is 49.9 Å². The van der Waals surface area contributed by atoms with E-state index in [2.05, 4.69) is 0 Å². The number of thiophene rings is 1. The van der Waals surface area contributed by atoms with Gasteiger partial charge >= 0.3 is 0 Å². The van der Waals surface area contributed by atoms with Crippen molar-refractivity contribution in [3.63, 3.8) is 0 Å². The van der Waals surface area contributed by atoms with Crippen LogP contribution >= 0.6 is 11.3 Å². The SMILES string of the molecule is CCCN(CC(=O)N(Cc1ccccc1)Cc1cccs1)C(=O)Cc1ccc(OC)cc1. The first kappa shape index (κ1) is 23.5. The molecule has 3 rings (SSSR count). The van der Waals surface area contributed by atoms with Crippen molar-refractivity contribution in [2.75, 3.05) is 20.2 Å². The maximum absolute atomic E-state index is 13.3. The molecule has 0 radical (unpaired) electrons. The predicted octanol–water partition coefficient (Wildman–Crippen LogP) is 4.77. The van der Waals surface area contributed by atoms with Crippen LogP contribution in [-0.2, 0) is 29.1 Å². The van der Waals surface area contributed by atoms with Crippen LogP contribution in [0, 0.1) is 0 Å². The Labute approximate surface area is 194 Å². The lowest BCUT2D eigenvalue weighted by Gasteiger charge is -2.27. The van der Waals surface area contributed by atoms with Gasteiger partial charge in [-0.25, -0.2) is 0 Å². The minimum atomic E-state index is -0.0428. The van der Waals surface area contributed by atoms with E-state index in [-0.39, 0.29) is 24.8 Å². The molecular formula is C26H30N2O3S. The van der Waals surface area contributed by atoms with Crippen LogP contribution in [0.15, 0.2) is 72.1 Å². The Morgan fingerprint density at radius 3 is 2.22 bits per heavy atom. The highest BCUT2D eigenvalue weighted by Crippen LogP contribution is 2.16. The Bertz CT molecular complexity index is 972. The number of amides is 2. The van der Waals surface area contributed by atoms with Gasteiger partial charge in [0.25, 0.3) is 0 Å². The fourth-order valence-electron chi connectivity index (χ4n) is 3.48. The van der Waals surface area contributed by atoms with Crippen molar-refractivity contribution in [1.29, 1.82) is 0 Å². The first-order valence-corrected chi connectivity index (χ1v) is 11.7. The summed E-state index contributed by atoms with van der Waals surface area (Å²) in [5.74, 6) is 0.673. The molecule has 0 atom stereocenters. The molecule has 1 heterocycles. The molecule has 0 N–H and O–H groups in total. The summed E-state index contributed by atoms with van der Waals surface area (Å²) < 4.78 is 5.19. The Kier molecular flexibility index (Phi) is 8.87. The van der Waals surface area contributed by atoms with Gasteiger partial charge in [0.1, 0.15) is 5.75 Å². The van der Waals surface area contributed by atoms with Gasteiger partial charge < -0.3 is 14.5 Å². The highest BCUT2D eigenvalue weighted by atomic mass is 32.1. The van der Waals surface area contributed by atoms with Gasteiger partial charge in [0.15, 0.2) is 0 Å². The van der Waals surface area contributed by atoms with Crippen LogP contribution in [0.5, 0.6) is 5.75 Å². The largest absolute Gasteiger partial charge is 0.497 e. The first-order valence-electron chi connectivity index (χ1n) is 10.8. The highest BCUT2D eigenvalue weighted by molar-refractivity contribution is 7.09. The molecule has 0 saturated heterocycles. The average molecular weight is 451 g/mol. The molecule has 0 spiro atoms. The molecule has 2 amide bonds. The summed E-state index contributed by atoms with van der Waals surface area (Å²) in [6.07, 6.45) is 1.06. The number of hydrogen-bond acceptors (Lipinski definition) is 4. The summed E-state index contributed by atoms with van der Waals surface area (Å²) in [5, 5.41) is 2.02. The van der Waals surface area contributed by atoms with Gasteiger partial charge in [-0.05, 0) is 41.1 Å². The Hall–Kier alpha value is -3.12. The predicted molar refractivity (Wildman–Crippen MR) is 129 cm³/mol. The van der Waals surface area contributed by atoms with Crippen molar-refractivity contribution in [2.24, 2.45) is 0 Å². The number of ether oxygens (including phenoxy) is 1. The third-order valence-corrected chi connectivity index (χ3v) is 6.04. The molecule has 168 valence electrons. The van der Waals surface area contributed by atoms with E-state index in [1.165, 1.54) is 0 Å². The third kappa shape index (κ3) is 6.95. The number of methoxy groups -OCH3 is 1. The number of carbonyl (C=O) groups excluding carboxylic acids is 2. The van der Waals surface area contributed by atoms with Crippen molar-refractivity contribution in [1.82, 2.24) is 9.80 Å². The summed E-state index contributed by atoms with van der Waals surface area (Å²) >= 11 is 1.63. The van der Waals surface area contributed by atoms with Gasteiger partial charge in [0.2, 0.25) is 11.8 Å². The average Bonchev–Trinajstić information content (AvgIpc) is 3.32. The van der Waals surface area contributed by atoms with Crippen molar-refractivity contribution >= 4 is 23.2 Å². The minimum Gasteiger partial charge on any atom is -0.497 e. The second-order valence-corrected chi connectivity index (χ2v) is 8.69. The fourth-order valence-corrected chi connectivity index (χ4v) is 4.20. The maximum Gasteiger partial charge on any atom is 0.242 e. The smallest absolute Gasteiger partial charge is 0.242 e. The summed E-state index contributed by atoms with van der Waals surface area (Å²) in [7, 11) is 1.62. The molecule has 0 saturated carbocycles. The maximum atomic E-state index is 13.3. The van der Waals surface area contributed by atoms with Crippen molar-refractivity contribution in [2.45, 2.75) is 32.9 Å². The Morgan fingerprint density at radius 1 is 0.844 bits per heavy atom. The van der Waals surface area contributed by atoms with Gasteiger partial charge in [-0.3, -0.25) is 9.59 Å². The van der Waals surface area contributed by atoms with Crippen LogP contribution in [-0.4, -0.2) is 41.8 Å². The highest BCUT2D eigenvalue weighted by Gasteiger charge is 2.22. The molecule has 6 heteroatoms. The van der Waals surface area contributed by atoms with E-state index in [9.17, 15) is 9.59 Å². The van der Waals surface area contributed by atoms with Gasteiger partial charge in [-0.2, -0.15) is 0 Å². The summed E-state index contributed by atoms with van der Waals surface area (Å²) in [6, 6.07) is 21.5. The molecule has 0 aliphatic rings.